The second-order valence-electron chi connectivity index (χ2n) is 10.1. The molecule has 5 N–H and O–H groups in total. The Morgan fingerprint density at radius 2 is 1.76 bits per heavy atom. The smallest absolute Gasteiger partial charge is 0.264 e. The molecule has 218 valence electrons. The van der Waals surface area contributed by atoms with Crippen molar-refractivity contribution in [2.24, 2.45) is 0 Å². The fraction of sp³-hybridized carbons (Fsp3) is 0.414. The Kier molecular flexibility index (Phi) is 9.53. The van der Waals surface area contributed by atoms with E-state index in [-0.39, 0.29) is 35.2 Å². The number of carbonyl (C=O) groups is 5. The van der Waals surface area contributed by atoms with Gasteiger partial charge in [0.1, 0.15) is 11.8 Å². The van der Waals surface area contributed by atoms with Crippen LogP contribution >= 0.6 is 0 Å². The molecule has 0 bridgehead atoms. The molecule has 1 atom stereocenters. The lowest BCUT2D eigenvalue weighted by molar-refractivity contribution is -0.136. The van der Waals surface area contributed by atoms with Gasteiger partial charge in [0.2, 0.25) is 11.8 Å². The highest BCUT2D eigenvalue weighted by molar-refractivity contribution is 6.25. The molecule has 0 aliphatic carbocycles. The number of imide groups is 2. The minimum absolute atomic E-state index is 0.0719. The predicted octanol–water partition coefficient (Wildman–Crippen LogP) is 3.00. The summed E-state index contributed by atoms with van der Waals surface area (Å²) in [5.74, 6) is -3.10. The van der Waals surface area contributed by atoms with Crippen molar-refractivity contribution in [1.82, 2.24) is 15.5 Å². The molecule has 41 heavy (non-hydrogen) atoms. The number of nitrogens with two attached hydrogens (primary N) is 1. The van der Waals surface area contributed by atoms with Gasteiger partial charge < -0.3 is 21.1 Å². The molecule has 11 nitrogen and oxygen atoms in total. The van der Waals surface area contributed by atoms with E-state index in [0.717, 1.165) is 43.4 Å². The van der Waals surface area contributed by atoms with Crippen LogP contribution in [0.5, 0.6) is 5.75 Å². The van der Waals surface area contributed by atoms with E-state index in [1.807, 2.05) is 0 Å². The number of amides is 5. The summed E-state index contributed by atoms with van der Waals surface area (Å²) in [6.45, 7) is 1.01. The number of hydrogen-bond acceptors (Lipinski definition) is 8. The molecule has 0 saturated carbocycles. The minimum Gasteiger partial charge on any atom is -0.497 e. The van der Waals surface area contributed by atoms with Gasteiger partial charge in [-0.1, -0.05) is 31.7 Å². The van der Waals surface area contributed by atoms with Crippen LogP contribution < -0.4 is 26.4 Å². The van der Waals surface area contributed by atoms with Crippen molar-refractivity contribution in [2.45, 2.75) is 57.4 Å². The topological polar surface area (TPSA) is 160 Å². The SMILES string of the molecule is COc1cc(N)c(F)c(C(=O)NCCCCCCCCNc2cccc3c2C(=O)N(C2CCC(=O)NC2=O)C3=O)c1. The van der Waals surface area contributed by atoms with Gasteiger partial charge in [-0.05, 0) is 37.5 Å². The molecule has 0 spiro atoms. The molecule has 0 aromatic heterocycles. The van der Waals surface area contributed by atoms with Crippen LogP contribution in [0.4, 0.5) is 15.8 Å². The van der Waals surface area contributed by atoms with Crippen molar-refractivity contribution >= 4 is 40.9 Å². The third-order valence-electron chi connectivity index (χ3n) is 7.23. The summed E-state index contributed by atoms with van der Waals surface area (Å²) in [6.07, 6.45) is 5.56. The number of anilines is 2. The molecule has 2 aliphatic rings. The summed E-state index contributed by atoms with van der Waals surface area (Å²) in [4.78, 5) is 63.1. The first-order chi connectivity index (χ1) is 19.7. The number of hydrogen-bond donors (Lipinski definition) is 4. The molecule has 2 heterocycles. The highest BCUT2D eigenvalue weighted by Gasteiger charge is 2.45. The number of methoxy groups -OCH3 is 1. The molecule has 1 saturated heterocycles. The average molecular weight is 568 g/mol. The van der Waals surface area contributed by atoms with Crippen molar-refractivity contribution in [3.63, 3.8) is 0 Å². The standard InChI is InChI=1S/C29H34FN5O6/c1-41-17-15-19(25(30)20(31)16-17)26(37)33-14-7-5-3-2-4-6-13-32-21-10-8-9-18-24(21)29(40)35(28(18)39)22-11-12-23(36)34-27(22)38/h8-10,15-16,22,32H,2-7,11-14,31H2,1H3,(H,33,37)(H,34,36,38). The number of nitrogens with one attached hydrogen (secondary N) is 3. The molecule has 2 aromatic carbocycles. The summed E-state index contributed by atoms with van der Waals surface area (Å²) < 4.78 is 19.2. The van der Waals surface area contributed by atoms with E-state index in [0.29, 0.717) is 24.5 Å². The molecule has 12 heteroatoms. The second-order valence-corrected chi connectivity index (χ2v) is 10.1. The quantitative estimate of drug-likeness (QED) is 0.163. The van der Waals surface area contributed by atoms with Gasteiger partial charge in [0.25, 0.3) is 17.7 Å². The van der Waals surface area contributed by atoms with Crippen LogP contribution in [0.25, 0.3) is 0 Å². The van der Waals surface area contributed by atoms with E-state index in [2.05, 4.69) is 16.0 Å². The first-order valence-electron chi connectivity index (χ1n) is 13.7. The number of fused-ring (bicyclic) bond motifs is 1. The predicted molar refractivity (Wildman–Crippen MR) is 149 cm³/mol. The number of halogens is 1. The van der Waals surface area contributed by atoms with Gasteiger partial charge in [-0.25, -0.2) is 4.39 Å². The monoisotopic (exact) mass is 567 g/mol. The highest BCUT2D eigenvalue weighted by Crippen LogP contribution is 2.32. The van der Waals surface area contributed by atoms with Gasteiger partial charge in [-0.15, -0.1) is 0 Å². The summed E-state index contributed by atoms with van der Waals surface area (Å²) in [6, 6.07) is 6.64. The zero-order chi connectivity index (χ0) is 29.5. The number of benzene rings is 2. The van der Waals surface area contributed by atoms with Gasteiger partial charge >= 0.3 is 0 Å². The molecule has 5 amide bonds. The van der Waals surface area contributed by atoms with Crippen LogP contribution in [-0.4, -0.2) is 60.7 Å². The zero-order valence-corrected chi connectivity index (χ0v) is 22.9. The van der Waals surface area contributed by atoms with Gasteiger partial charge in [0, 0.05) is 31.3 Å². The zero-order valence-electron chi connectivity index (χ0n) is 22.9. The maximum absolute atomic E-state index is 14.2. The Bertz CT molecular complexity index is 1360. The van der Waals surface area contributed by atoms with Gasteiger partial charge in [0.05, 0.1) is 29.5 Å². The van der Waals surface area contributed by atoms with E-state index in [1.54, 1.807) is 18.2 Å². The number of piperidine rings is 1. The maximum atomic E-state index is 14.2. The fourth-order valence-electron chi connectivity index (χ4n) is 5.04. The lowest BCUT2D eigenvalue weighted by Crippen LogP contribution is -2.54. The number of nitrogen functional groups attached to an aromatic ring is 1. The number of ether oxygens (including phenoxy) is 1. The van der Waals surface area contributed by atoms with E-state index in [4.69, 9.17) is 10.5 Å². The van der Waals surface area contributed by atoms with Crippen LogP contribution in [0.3, 0.4) is 0 Å². The van der Waals surface area contributed by atoms with Crippen molar-refractivity contribution in [3.8, 4) is 5.75 Å². The lowest BCUT2D eigenvalue weighted by Gasteiger charge is -2.27. The summed E-state index contributed by atoms with van der Waals surface area (Å²) in [7, 11) is 1.42. The van der Waals surface area contributed by atoms with Crippen LogP contribution in [0, 0.1) is 5.82 Å². The van der Waals surface area contributed by atoms with Crippen molar-refractivity contribution in [2.75, 3.05) is 31.2 Å². The largest absolute Gasteiger partial charge is 0.497 e. The first-order valence-corrected chi connectivity index (χ1v) is 13.7. The minimum atomic E-state index is -0.997. The molecule has 2 aliphatic heterocycles. The second kappa shape index (κ2) is 13.2. The van der Waals surface area contributed by atoms with Crippen molar-refractivity contribution in [1.29, 1.82) is 0 Å². The van der Waals surface area contributed by atoms with Crippen LogP contribution in [-0.2, 0) is 9.59 Å². The van der Waals surface area contributed by atoms with Crippen LogP contribution in [0.2, 0.25) is 0 Å². The third kappa shape index (κ3) is 6.64. The Morgan fingerprint density at radius 3 is 2.46 bits per heavy atom. The van der Waals surface area contributed by atoms with Gasteiger partial charge in [-0.2, -0.15) is 0 Å². The molecular weight excluding hydrogens is 533 g/mol. The van der Waals surface area contributed by atoms with E-state index in [1.165, 1.54) is 19.2 Å². The summed E-state index contributed by atoms with van der Waals surface area (Å²) >= 11 is 0. The van der Waals surface area contributed by atoms with E-state index >= 15 is 0 Å². The van der Waals surface area contributed by atoms with Crippen LogP contribution in [0.1, 0.15) is 82.4 Å². The summed E-state index contributed by atoms with van der Waals surface area (Å²) in [5, 5.41) is 8.15. The van der Waals surface area contributed by atoms with Crippen molar-refractivity contribution in [3.05, 3.63) is 52.8 Å². The Morgan fingerprint density at radius 1 is 1.05 bits per heavy atom. The lowest BCUT2D eigenvalue weighted by atomic mass is 10.0. The highest BCUT2D eigenvalue weighted by atomic mass is 19.1. The number of rotatable bonds is 13. The Hall–Kier alpha value is -4.48. The van der Waals surface area contributed by atoms with Gasteiger partial charge in [0.15, 0.2) is 5.82 Å². The summed E-state index contributed by atoms with van der Waals surface area (Å²) in [5.41, 5.74) is 6.35. The van der Waals surface area contributed by atoms with Gasteiger partial charge in [-0.3, -0.25) is 34.2 Å². The fourth-order valence-corrected chi connectivity index (χ4v) is 5.04. The first kappa shape index (κ1) is 29.5. The molecule has 4 rings (SSSR count). The van der Waals surface area contributed by atoms with E-state index in [9.17, 15) is 28.4 Å². The average Bonchev–Trinajstić information content (AvgIpc) is 3.21. The number of carbonyl (C=O) groups excluding carboxylic acids is 5. The molecule has 1 unspecified atom stereocenters. The maximum Gasteiger partial charge on any atom is 0.264 e. The molecular formula is C29H34FN5O6. The Labute approximate surface area is 237 Å². The van der Waals surface area contributed by atoms with E-state index < -0.39 is 41.4 Å². The van der Waals surface area contributed by atoms with Crippen molar-refractivity contribution < 1.29 is 33.1 Å². The molecule has 2 aromatic rings. The number of unbranched alkanes of at least 4 members (excludes halogenated alkanes) is 5. The number of nitrogens with zero attached hydrogens (tertiary/aromatic N) is 1. The third-order valence-corrected chi connectivity index (χ3v) is 7.23. The normalized spacial score (nSPS) is 16.4. The Balaban J connectivity index is 1.15. The van der Waals surface area contributed by atoms with Crippen LogP contribution in [0.15, 0.2) is 30.3 Å². The molecule has 0 radical (unpaired) electrons. The molecule has 1 fully saturated rings.